The predicted molar refractivity (Wildman–Crippen MR) is 118 cm³/mol. The molecule has 1 saturated carbocycles. The van der Waals surface area contributed by atoms with Crippen LogP contribution < -0.4 is 5.32 Å². The summed E-state index contributed by atoms with van der Waals surface area (Å²) in [5.41, 5.74) is 3.71. The van der Waals surface area contributed by atoms with Gasteiger partial charge in [-0.25, -0.2) is 9.18 Å². The van der Waals surface area contributed by atoms with Gasteiger partial charge in [-0.2, -0.15) is 0 Å². The lowest BCUT2D eigenvalue weighted by Crippen LogP contribution is -2.47. The summed E-state index contributed by atoms with van der Waals surface area (Å²) >= 11 is 0. The molecule has 6 nitrogen and oxygen atoms in total. The van der Waals surface area contributed by atoms with Crippen molar-refractivity contribution >= 4 is 28.5 Å². The summed E-state index contributed by atoms with van der Waals surface area (Å²) < 4.78 is 19.7. The van der Waals surface area contributed by atoms with Crippen LogP contribution in [0.1, 0.15) is 46.4 Å². The Kier molecular flexibility index (Phi) is 3.97. The molecule has 2 fully saturated rings. The molecule has 32 heavy (non-hydrogen) atoms. The minimum absolute atomic E-state index is 0.0825. The lowest BCUT2D eigenvalue weighted by molar-refractivity contribution is -0.133. The van der Waals surface area contributed by atoms with E-state index in [4.69, 9.17) is 4.74 Å². The van der Waals surface area contributed by atoms with E-state index in [0.29, 0.717) is 40.7 Å². The van der Waals surface area contributed by atoms with Crippen molar-refractivity contribution in [3.8, 4) is 0 Å². The zero-order valence-electron chi connectivity index (χ0n) is 18.0. The summed E-state index contributed by atoms with van der Waals surface area (Å²) in [5, 5.41) is 4.22. The number of benzene rings is 2. The summed E-state index contributed by atoms with van der Waals surface area (Å²) in [5.74, 6) is -0.624. The largest absolute Gasteiger partial charge is 0.464 e. The number of H-pyrrole nitrogens is 1. The van der Waals surface area contributed by atoms with Crippen molar-refractivity contribution in [2.75, 3.05) is 19.0 Å². The molecule has 0 bridgehead atoms. The first-order valence-electron chi connectivity index (χ1n) is 11.0. The number of methoxy groups -OCH3 is 1. The van der Waals surface area contributed by atoms with Crippen LogP contribution in [0.15, 0.2) is 36.4 Å². The van der Waals surface area contributed by atoms with E-state index in [1.165, 1.54) is 19.2 Å². The molecule has 7 heteroatoms. The van der Waals surface area contributed by atoms with Crippen LogP contribution in [0.2, 0.25) is 0 Å². The number of nitrogens with zero attached hydrogens (tertiary/aromatic N) is 1. The van der Waals surface area contributed by atoms with E-state index in [-0.39, 0.29) is 23.8 Å². The molecular formula is C25H24FN3O3. The minimum atomic E-state index is -0.691. The molecular weight excluding hydrogens is 409 g/mol. The van der Waals surface area contributed by atoms with Gasteiger partial charge in [0.2, 0.25) is 5.91 Å². The Morgan fingerprint density at radius 1 is 1.22 bits per heavy atom. The first-order valence-corrected chi connectivity index (χ1v) is 11.0. The summed E-state index contributed by atoms with van der Waals surface area (Å²) in [6, 6.07) is 10.9. The first kappa shape index (κ1) is 19.3. The highest BCUT2D eigenvalue weighted by molar-refractivity contribution is 6.01. The van der Waals surface area contributed by atoms with Gasteiger partial charge in [-0.15, -0.1) is 0 Å². The third-order valence-electron chi connectivity index (χ3n) is 7.34. The highest BCUT2D eigenvalue weighted by atomic mass is 19.1. The number of amides is 1. The molecule has 2 atom stereocenters. The number of aryl methyl sites for hydroxylation is 1. The highest BCUT2D eigenvalue weighted by Gasteiger charge is 2.59. The van der Waals surface area contributed by atoms with Crippen molar-refractivity contribution in [1.82, 2.24) is 9.88 Å². The Balaban J connectivity index is 1.66. The monoisotopic (exact) mass is 433 g/mol. The van der Waals surface area contributed by atoms with Crippen LogP contribution >= 0.6 is 0 Å². The molecule has 3 heterocycles. The van der Waals surface area contributed by atoms with Crippen LogP contribution in [0.3, 0.4) is 0 Å². The van der Waals surface area contributed by atoms with Gasteiger partial charge in [0.25, 0.3) is 0 Å². The second kappa shape index (κ2) is 6.58. The Labute approximate surface area is 184 Å². The Morgan fingerprint density at radius 3 is 2.75 bits per heavy atom. The predicted octanol–water partition coefficient (Wildman–Crippen LogP) is 4.08. The number of hydrogen-bond donors (Lipinski definition) is 2. The van der Waals surface area contributed by atoms with Crippen molar-refractivity contribution in [3.05, 3.63) is 64.6 Å². The molecule has 3 aliphatic rings. The number of nitrogens with one attached hydrogen (secondary N) is 2. The van der Waals surface area contributed by atoms with Gasteiger partial charge in [0.15, 0.2) is 0 Å². The number of ether oxygens (including phenoxy) is 1. The average molecular weight is 433 g/mol. The Morgan fingerprint density at radius 2 is 2.00 bits per heavy atom. The summed E-state index contributed by atoms with van der Waals surface area (Å²) in [6.45, 7) is 2.39. The SMILES string of the molecule is COC(=O)c1[nH]c2c(C)cc(F)cc2c1[C@]12CCN(C(=O)C3CC3)[C@H]1Nc1ccccc12. The number of carbonyl (C=O) groups is 2. The maximum atomic E-state index is 14.6. The number of carbonyl (C=O) groups excluding carboxylic acids is 2. The van der Waals surface area contributed by atoms with Crippen molar-refractivity contribution in [3.63, 3.8) is 0 Å². The van der Waals surface area contributed by atoms with E-state index in [2.05, 4.69) is 10.3 Å². The van der Waals surface area contributed by atoms with E-state index in [1.54, 1.807) is 0 Å². The number of likely N-dealkylation sites (tertiary alicyclic amines) is 1. The third-order valence-corrected chi connectivity index (χ3v) is 7.34. The maximum Gasteiger partial charge on any atom is 0.354 e. The molecule has 1 amide bonds. The molecule has 1 aliphatic carbocycles. The number of rotatable bonds is 3. The topological polar surface area (TPSA) is 74.4 Å². The quantitative estimate of drug-likeness (QED) is 0.611. The van der Waals surface area contributed by atoms with Gasteiger partial charge in [-0.05, 0) is 55.5 Å². The highest BCUT2D eigenvalue weighted by Crippen LogP contribution is 2.56. The second-order valence-corrected chi connectivity index (χ2v) is 9.13. The van der Waals surface area contributed by atoms with Gasteiger partial charge in [0.05, 0.1) is 12.5 Å². The van der Waals surface area contributed by atoms with Gasteiger partial charge in [0.1, 0.15) is 17.7 Å². The van der Waals surface area contributed by atoms with Gasteiger partial charge in [0, 0.05) is 34.6 Å². The Hall–Kier alpha value is -3.35. The van der Waals surface area contributed by atoms with Gasteiger partial charge in [-0.1, -0.05) is 18.2 Å². The molecule has 6 rings (SSSR count). The van der Waals surface area contributed by atoms with Crippen molar-refractivity contribution in [2.24, 2.45) is 5.92 Å². The first-order chi connectivity index (χ1) is 15.5. The molecule has 0 spiro atoms. The summed E-state index contributed by atoms with van der Waals surface area (Å²) in [4.78, 5) is 31.3. The number of aromatic amines is 1. The van der Waals surface area contributed by atoms with Crippen LogP contribution in [0.5, 0.6) is 0 Å². The Bertz CT molecular complexity index is 1300. The van der Waals surface area contributed by atoms with E-state index in [1.807, 2.05) is 36.1 Å². The van der Waals surface area contributed by atoms with Crippen molar-refractivity contribution < 1.29 is 18.7 Å². The normalized spacial score (nSPS) is 23.7. The smallest absolute Gasteiger partial charge is 0.354 e. The van der Waals surface area contributed by atoms with Crippen LogP contribution in [-0.4, -0.2) is 41.6 Å². The molecule has 2 aromatic carbocycles. The number of aromatic nitrogens is 1. The number of esters is 1. The molecule has 0 radical (unpaired) electrons. The van der Waals surface area contributed by atoms with Crippen molar-refractivity contribution in [2.45, 2.75) is 37.8 Å². The number of para-hydroxylation sites is 1. The lowest BCUT2D eigenvalue weighted by Gasteiger charge is -2.33. The molecule has 1 saturated heterocycles. The molecule has 164 valence electrons. The number of hydrogen-bond acceptors (Lipinski definition) is 4. The van der Waals surface area contributed by atoms with Crippen LogP contribution in [-0.2, 0) is 14.9 Å². The molecule has 2 N–H and O–H groups in total. The van der Waals surface area contributed by atoms with Crippen LogP contribution in [0, 0.1) is 18.7 Å². The second-order valence-electron chi connectivity index (χ2n) is 9.13. The number of halogens is 1. The lowest BCUT2D eigenvalue weighted by atomic mass is 9.72. The summed E-state index contributed by atoms with van der Waals surface area (Å²) in [7, 11) is 1.35. The molecule has 3 aromatic rings. The molecule has 0 unspecified atom stereocenters. The zero-order chi connectivity index (χ0) is 22.2. The average Bonchev–Trinajstić information content (AvgIpc) is 3.36. The molecule has 2 aliphatic heterocycles. The van der Waals surface area contributed by atoms with Crippen LogP contribution in [0.25, 0.3) is 10.9 Å². The standard InChI is InChI=1S/C25H24FN3O3/c1-13-11-15(26)12-16-19(21(23(31)32-2)28-20(13)16)25-9-10-29(22(30)14-7-8-14)24(25)27-18-6-4-3-5-17(18)25/h3-6,11-12,14,24,27-28H,7-10H2,1-2H3/t24-,25-/m1/s1. The third kappa shape index (κ3) is 2.45. The number of anilines is 1. The van der Waals surface area contributed by atoms with E-state index >= 15 is 0 Å². The van der Waals surface area contributed by atoms with E-state index in [9.17, 15) is 14.0 Å². The fraction of sp³-hybridized carbons (Fsp3) is 0.360. The van der Waals surface area contributed by atoms with Gasteiger partial charge < -0.3 is 19.9 Å². The van der Waals surface area contributed by atoms with E-state index < -0.39 is 11.4 Å². The molecule has 1 aromatic heterocycles. The van der Waals surface area contributed by atoms with E-state index in [0.717, 1.165) is 24.1 Å². The van der Waals surface area contributed by atoms with Crippen LogP contribution in [0.4, 0.5) is 10.1 Å². The number of fused-ring (bicyclic) bond motifs is 4. The summed E-state index contributed by atoms with van der Waals surface area (Å²) in [6.07, 6.45) is 2.13. The fourth-order valence-electron chi connectivity index (χ4n) is 5.80. The zero-order valence-corrected chi connectivity index (χ0v) is 18.0. The van der Waals surface area contributed by atoms with Gasteiger partial charge >= 0.3 is 5.97 Å². The maximum absolute atomic E-state index is 14.6. The minimum Gasteiger partial charge on any atom is -0.464 e. The van der Waals surface area contributed by atoms with Gasteiger partial charge in [-0.3, -0.25) is 4.79 Å². The van der Waals surface area contributed by atoms with Crippen molar-refractivity contribution in [1.29, 1.82) is 0 Å². The fourth-order valence-corrected chi connectivity index (χ4v) is 5.80.